The Hall–Kier alpha value is -0.490. The lowest BCUT2D eigenvalue weighted by molar-refractivity contribution is -0.402. The Kier molecular flexibility index (Phi) is 2.95. The van der Waals surface area contributed by atoms with E-state index in [4.69, 9.17) is 0 Å². The number of ketones is 1. The van der Waals surface area contributed by atoms with Crippen LogP contribution in [-0.2, 0) is 4.79 Å². The second-order valence-corrected chi connectivity index (χ2v) is 4.14. The predicted molar refractivity (Wildman–Crippen MR) is 45.0 cm³/mol. The highest BCUT2D eigenvalue weighted by Gasteiger charge is 2.16. The summed E-state index contributed by atoms with van der Waals surface area (Å²) in [5.74, 6) is 0.875. The van der Waals surface area contributed by atoms with E-state index < -0.39 is 4.92 Å². The molecule has 0 aromatic rings. The van der Waals surface area contributed by atoms with Crippen molar-refractivity contribution >= 4 is 29.3 Å². The fourth-order valence-corrected chi connectivity index (χ4v) is 2.50. The van der Waals surface area contributed by atoms with Crippen molar-refractivity contribution in [1.29, 1.82) is 0 Å². The van der Waals surface area contributed by atoms with Gasteiger partial charge in [0.2, 0.25) is 0 Å². The molecule has 1 saturated heterocycles. The van der Waals surface area contributed by atoms with Crippen molar-refractivity contribution in [1.82, 2.24) is 0 Å². The number of nitrogens with zero attached hydrogens (tertiary/aromatic N) is 1. The fourth-order valence-electron chi connectivity index (χ4n) is 0.547. The highest BCUT2D eigenvalue weighted by Crippen LogP contribution is 2.32. The van der Waals surface area contributed by atoms with Crippen LogP contribution in [0.5, 0.6) is 0 Å². The molecule has 6 heteroatoms. The van der Waals surface area contributed by atoms with Gasteiger partial charge in [-0.25, -0.2) is 0 Å². The maximum absolute atomic E-state index is 10.7. The minimum Gasteiger partial charge on any atom is -0.298 e. The monoisotopic (exact) mass is 191 g/mol. The maximum atomic E-state index is 10.7. The van der Waals surface area contributed by atoms with Gasteiger partial charge in [0.15, 0.2) is 5.78 Å². The van der Waals surface area contributed by atoms with Gasteiger partial charge in [0.05, 0.1) is 16.4 Å². The van der Waals surface area contributed by atoms with Crippen LogP contribution in [0.4, 0.5) is 0 Å². The summed E-state index contributed by atoms with van der Waals surface area (Å²) in [6, 6.07) is 0. The number of thioether (sulfide) groups is 2. The van der Waals surface area contributed by atoms with Gasteiger partial charge in [0, 0.05) is 0 Å². The first-order valence-electron chi connectivity index (χ1n) is 2.81. The number of hydrogen-bond acceptors (Lipinski definition) is 5. The number of rotatable bonds is 1. The second kappa shape index (κ2) is 3.77. The quantitative estimate of drug-likeness (QED) is 0.459. The van der Waals surface area contributed by atoms with Crippen molar-refractivity contribution in [2.45, 2.75) is 0 Å². The SMILES string of the molecule is O=C1CSC(=C[N+](=O)[O-])SC1. The Labute approximate surface area is 71.6 Å². The molecule has 0 atom stereocenters. The van der Waals surface area contributed by atoms with Crippen LogP contribution in [0.15, 0.2) is 10.4 Å². The molecule has 1 heterocycles. The Morgan fingerprint density at radius 2 is 2.00 bits per heavy atom. The van der Waals surface area contributed by atoms with E-state index in [0.717, 1.165) is 6.20 Å². The summed E-state index contributed by atoms with van der Waals surface area (Å²) in [5.41, 5.74) is 0. The zero-order valence-corrected chi connectivity index (χ0v) is 7.11. The van der Waals surface area contributed by atoms with Crippen molar-refractivity contribution in [3.63, 3.8) is 0 Å². The van der Waals surface area contributed by atoms with E-state index in [2.05, 4.69) is 0 Å². The molecule has 0 unspecified atom stereocenters. The van der Waals surface area contributed by atoms with Crippen LogP contribution in [0.2, 0.25) is 0 Å². The van der Waals surface area contributed by atoms with Crippen LogP contribution in [0, 0.1) is 10.1 Å². The molecule has 0 radical (unpaired) electrons. The second-order valence-electron chi connectivity index (χ2n) is 1.85. The average Bonchev–Trinajstić information content (AvgIpc) is 1.93. The van der Waals surface area contributed by atoms with Gasteiger partial charge in [-0.05, 0) is 0 Å². The summed E-state index contributed by atoms with van der Waals surface area (Å²) in [7, 11) is 0. The average molecular weight is 191 g/mol. The van der Waals surface area contributed by atoms with Crippen LogP contribution in [0.25, 0.3) is 0 Å². The van der Waals surface area contributed by atoms with Crippen molar-refractivity contribution in [2.24, 2.45) is 0 Å². The van der Waals surface area contributed by atoms with E-state index in [1.54, 1.807) is 0 Å². The highest BCUT2D eigenvalue weighted by atomic mass is 32.2. The third-order valence-electron chi connectivity index (χ3n) is 0.962. The normalized spacial score (nSPS) is 18.2. The summed E-state index contributed by atoms with van der Waals surface area (Å²) in [4.78, 5) is 20.1. The third kappa shape index (κ3) is 2.94. The molecule has 0 aliphatic carbocycles. The van der Waals surface area contributed by atoms with E-state index in [-0.39, 0.29) is 5.78 Å². The summed E-state index contributed by atoms with van der Waals surface area (Å²) in [5, 5.41) is 9.97. The highest BCUT2D eigenvalue weighted by molar-refractivity contribution is 8.23. The zero-order chi connectivity index (χ0) is 8.27. The summed E-state index contributed by atoms with van der Waals surface area (Å²) < 4.78 is 0.620. The Bertz CT molecular complexity index is 214. The van der Waals surface area contributed by atoms with Gasteiger partial charge in [-0.1, -0.05) is 0 Å². The smallest absolute Gasteiger partial charge is 0.254 e. The number of hydrogen-bond donors (Lipinski definition) is 0. The lowest BCUT2D eigenvalue weighted by Gasteiger charge is -2.08. The molecule has 0 aromatic carbocycles. The molecule has 1 aliphatic rings. The van der Waals surface area contributed by atoms with E-state index in [1.165, 1.54) is 23.5 Å². The van der Waals surface area contributed by atoms with Gasteiger partial charge < -0.3 is 0 Å². The van der Waals surface area contributed by atoms with Gasteiger partial charge in [-0.3, -0.25) is 14.9 Å². The van der Waals surface area contributed by atoms with Gasteiger partial charge >= 0.3 is 0 Å². The molecule has 11 heavy (non-hydrogen) atoms. The lowest BCUT2D eigenvalue weighted by Crippen LogP contribution is -2.09. The standard InChI is InChI=1S/C5H5NO3S2/c7-4-2-10-5(11-3-4)1-6(8)9/h1H,2-3H2. The van der Waals surface area contributed by atoms with Crippen LogP contribution in [0.1, 0.15) is 0 Å². The van der Waals surface area contributed by atoms with Crippen molar-refractivity contribution in [2.75, 3.05) is 11.5 Å². The van der Waals surface area contributed by atoms with E-state index in [9.17, 15) is 14.9 Å². The fraction of sp³-hybridized carbons (Fsp3) is 0.400. The zero-order valence-electron chi connectivity index (χ0n) is 5.48. The van der Waals surface area contributed by atoms with E-state index in [1.807, 2.05) is 0 Å². The molecule has 0 amide bonds. The van der Waals surface area contributed by atoms with Gasteiger partial charge in [0.1, 0.15) is 4.24 Å². The number of Topliss-reactive ketones (excluding diaryl/α,β-unsaturated/α-hetero) is 1. The number of nitro groups is 1. The molecule has 0 saturated carbocycles. The molecule has 0 N–H and O–H groups in total. The molecule has 4 nitrogen and oxygen atoms in total. The molecule has 1 aliphatic heterocycles. The largest absolute Gasteiger partial charge is 0.298 e. The molecule has 60 valence electrons. The van der Waals surface area contributed by atoms with Crippen LogP contribution >= 0.6 is 23.5 Å². The Balaban J connectivity index is 2.51. The van der Waals surface area contributed by atoms with Crippen LogP contribution in [-0.4, -0.2) is 22.2 Å². The first-order chi connectivity index (χ1) is 5.18. The number of carbonyl (C=O) groups is 1. The molecule has 0 aromatic heterocycles. The van der Waals surface area contributed by atoms with Crippen molar-refractivity contribution < 1.29 is 9.72 Å². The molecule has 1 rings (SSSR count). The van der Waals surface area contributed by atoms with Crippen LogP contribution in [0.3, 0.4) is 0 Å². The molecule has 0 bridgehead atoms. The predicted octanol–water partition coefficient (Wildman–Crippen LogP) is 1.11. The van der Waals surface area contributed by atoms with Gasteiger partial charge in [-0.2, -0.15) is 0 Å². The summed E-state index contributed by atoms with van der Waals surface area (Å²) in [6.45, 7) is 0. The third-order valence-corrected chi connectivity index (χ3v) is 3.38. The van der Waals surface area contributed by atoms with Gasteiger partial charge in [0.25, 0.3) is 6.20 Å². The maximum Gasteiger partial charge on any atom is 0.254 e. The minimum atomic E-state index is -0.495. The first-order valence-corrected chi connectivity index (χ1v) is 4.78. The van der Waals surface area contributed by atoms with Crippen molar-refractivity contribution in [3.05, 3.63) is 20.6 Å². The lowest BCUT2D eigenvalue weighted by atomic mass is 10.5. The van der Waals surface area contributed by atoms with E-state index >= 15 is 0 Å². The Morgan fingerprint density at radius 3 is 2.45 bits per heavy atom. The van der Waals surface area contributed by atoms with E-state index in [0.29, 0.717) is 15.7 Å². The number of carbonyl (C=O) groups excluding carboxylic acids is 1. The molecular weight excluding hydrogens is 186 g/mol. The minimum absolute atomic E-state index is 0.139. The first kappa shape index (κ1) is 8.61. The topological polar surface area (TPSA) is 60.2 Å². The Morgan fingerprint density at radius 1 is 1.45 bits per heavy atom. The van der Waals surface area contributed by atoms with Crippen molar-refractivity contribution in [3.8, 4) is 0 Å². The summed E-state index contributed by atoms with van der Waals surface area (Å²) in [6.07, 6.45) is 0.946. The molecule has 1 fully saturated rings. The molecular formula is C5H5NO3S2. The van der Waals surface area contributed by atoms with Gasteiger partial charge in [-0.15, -0.1) is 23.5 Å². The molecule has 0 spiro atoms. The summed E-state index contributed by atoms with van der Waals surface area (Å²) >= 11 is 2.46. The van der Waals surface area contributed by atoms with Crippen LogP contribution < -0.4 is 0 Å².